The lowest BCUT2D eigenvalue weighted by atomic mass is 9.81. The van der Waals surface area contributed by atoms with Crippen LogP contribution in [0.25, 0.3) is 0 Å². The highest BCUT2D eigenvalue weighted by atomic mass is 35.5. The van der Waals surface area contributed by atoms with Gasteiger partial charge in [-0.2, -0.15) is 0 Å². The molecule has 0 aliphatic heterocycles. The fraction of sp³-hybridized carbons (Fsp3) is 0.333. The summed E-state index contributed by atoms with van der Waals surface area (Å²) in [6.07, 6.45) is 5.67. The van der Waals surface area contributed by atoms with E-state index in [9.17, 15) is 0 Å². The molecule has 1 aromatic heterocycles. The SMILES string of the molecule is Clc1ccc([C]2CCC2)cn1. The Morgan fingerprint density at radius 2 is 2.09 bits per heavy atom. The zero-order chi connectivity index (χ0) is 7.68. The molecule has 2 rings (SSSR count). The van der Waals surface area contributed by atoms with Crippen molar-refractivity contribution in [2.45, 2.75) is 19.3 Å². The van der Waals surface area contributed by atoms with Crippen LogP contribution in [0.2, 0.25) is 5.15 Å². The number of rotatable bonds is 1. The van der Waals surface area contributed by atoms with Crippen molar-refractivity contribution in [2.75, 3.05) is 0 Å². The number of pyridine rings is 1. The van der Waals surface area contributed by atoms with Gasteiger partial charge in [0.2, 0.25) is 0 Å². The Hall–Kier alpha value is -0.560. The second-order valence-electron chi connectivity index (χ2n) is 2.83. The van der Waals surface area contributed by atoms with E-state index in [1.54, 1.807) is 0 Å². The Morgan fingerprint density at radius 1 is 1.27 bits per heavy atom. The van der Waals surface area contributed by atoms with E-state index in [0.29, 0.717) is 5.15 Å². The topological polar surface area (TPSA) is 12.9 Å². The van der Waals surface area contributed by atoms with Crippen molar-refractivity contribution in [1.82, 2.24) is 4.98 Å². The molecule has 1 saturated carbocycles. The zero-order valence-electron chi connectivity index (χ0n) is 6.18. The number of hydrogen-bond donors (Lipinski definition) is 0. The number of hydrogen-bond acceptors (Lipinski definition) is 1. The largest absolute Gasteiger partial charge is 0.244 e. The third kappa shape index (κ3) is 1.38. The van der Waals surface area contributed by atoms with Crippen LogP contribution in [-0.4, -0.2) is 4.98 Å². The minimum Gasteiger partial charge on any atom is -0.244 e. The lowest BCUT2D eigenvalue weighted by molar-refractivity contribution is 0.576. The van der Waals surface area contributed by atoms with E-state index in [2.05, 4.69) is 4.98 Å². The van der Waals surface area contributed by atoms with Gasteiger partial charge in [-0.1, -0.05) is 24.1 Å². The van der Waals surface area contributed by atoms with Crippen molar-refractivity contribution < 1.29 is 0 Å². The molecule has 0 saturated heterocycles. The van der Waals surface area contributed by atoms with Gasteiger partial charge in [-0.25, -0.2) is 4.98 Å². The van der Waals surface area contributed by atoms with Gasteiger partial charge in [-0.05, 0) is 24.5 Å². The number of halogens is 1. The zero-order valence-corrected chi connectivity index (χ0v) is 6.93. The summed E-state index contributed by atoms with van der Waals surface area (Å²) in [7, 11) is 0. The molecule has 1 aromatic rings. The minimum absolute atomic E-state index is 0.577. The predicted octanol–water partition coefficient (Wildman–Crippen LogP) is 2.84. The summed E-state index contributed by atoms with van der Waals surface area (Å²) in [6.45, 7) is 0. The highest BCUT2D eigenvalue weighted by Gasteiger charge is 2.19. The van der Waals surface area contributed by atoms with E-state index in [-0.39, 0.29) is 0 Å². The van der Waals surface area contributed by atoms with E-state index in [4.69, 9.17) is 11.6 Å². The number of nitrogens with zero attached hydrogens (tertiary/aromatic N) is 1. The van der Waals surface area contributed by atoms with Gasteiger partial charge >= 0.3 is 0 Å². The Labute approximate surface area is 71.4 Å². The van der Waals surface area contributed by atoms with Crippen molar-refractivity contribution in [3.05, 3.63) is 35.0 Å². The summed E-state index contributed by atoms with van der Waals surface area (Å²) in [6, 6.07) is 3.89. The van der Waals surface area contributed by atoms with Crippen LogP contribution in [0.15, 0.2) is 18.3 Å². The second kappa shape index (κ2) is 2.82. The minimum atomic E-state index is 0.577. The predicted molar refractivity (Wildman–Crippen MR) is 45.4 cm³/mol. The third-order valence-corrected chi connectivity index (χ3v) is 2.32. The van der Waals surface area contributed by atoms with E-state index in [1.807, 2.05) is 18.3 Å². The molecule has 57 valence electrons. The van der Waals surface area contributed by atoms with Crippen LogP contribution in [0.3, 0.4) is 0 Å². The Bertz CT molecular complexity index is 238. The van der Waals surface area contributed by atoms with Gasteiger partial charge in [0.05, 0.1) is 0 Å². The molecule has 0 bridgehead atoms. The van der Waals surface area contributed by atoms with Crippen LogP contribution in [0.4, 0.5) is 0 Å². The third-order valence-electron chi connectivity index (χ3n) is 2.09. The Kier molecular flexibility index (Phi) is 1.82. The fourth-order valence-corrected chi connectivity index (χ4v) is 1.34. The molecule has 1 aliphatic carbocycles. The van der Waals surface area contributed by atoms with Gasteiger partial charge < -0.3 is 0 Å². The molecule has 0 aromatic carbocycles. The molecular formula is C9H9ClN. The normalized spacial score (nSPS) is 17.9. The quantitative estimate of drug-likeness (QED) is 0.585. The van der Waals surface area contributed by atoms with Crippen molar-refractivity contribution >= 4 is 11.6 Å². The van der Waals surface area contributed by atoms with Crippen LogP contribution in [0.5, 0.6) is 0 Å². The van der Waals surface area contributed by atoms with Crippen LogP contribution in [0, 0.1) is 5.92 Å². The summed E-state index contributed by atoms with van der Waals surface area (Å²) in [5, 5.41) is 0.577. The van der Waals surface area contributed by atoms with Gasteiger partial charge in [0.1, 0.15) is 5.15 Å². The van der Waals surface area contributed by atoms with Crippen LogP contribution >= 0.6 is 11.6 Å². The highest BCUT2D eigenvalue weighted by Crippen LogP contribution is 2.34. The van der Waals surface area contributed by atoms with E-state index in [0.717, 1.165) is 0 Å². The van der Waals surface area contributed by atoms with Crippen molar-refractivity contribution in [3.8, 4) is 0 Å². The first-order valence-electron chi connectivity index (χ1n) is 3.83. The van der Waals surface area contributed by atoms with Gasteiger partial charge in [0, 0.05) is 12.1 Å². The van der Waals surface area contributed by atoms with Gasteiger partial charge in [0.25, 0.3) is 0 Å². The van der Waals surface area contributed by atoms with Crippen LogP contribution in [0.1, 0.15) is 24.8 Å². The molecule has 11 heavy (non-hydrogen) atoms. The molecule has 1 nitrogen and oxygen atoms in total. The molecule has 0 unspecified atom stereocenters. The number of aromatic nitrogens is 1. The first-order chi connectivity index (χ1) is 5.36. The Morgan fingerprint density at radius 3 is 2.55 bits per heavy atom. The maximum Gasteiger partial charge on any atom is 0.129 e. The highest BCUT2D eigenvalue weighted by molar-refractivity contribution is 6.29. The molecule has 1 radical (unpaired) electrons. The first-order valence-corrected chi connectivity index (χ1v) is 4.21. The van der Waals surface area contributed by atoms with Crippen LogP contribution in [-0.2, 0) is 0 Å². The van der Waals surface area contributed by atoms with E-state index >= 15 is 0 Å². The van der Waals surface area contributed by atoms with Gasteiger partial charge in [-0.3, -0.25) is 0 Å². The summed E-state index contributed by atoms with van der Waals surface area (Å²) in [5.74, 6) is 1.52. The molecule has 1 aliphatic rings. The second-order valence-corrected chi connectivity index (χ2v) is 3.21. The molecule has 0 amide bonds. The molecule has 1 fully saturated rings. The fourth-order valence-electron chi connectivity index (χ4n) is 1.23. The Balaban J connectivity index is 2.18. The molecule has 0 atom stereocenters. The van der Waals surface area contributed by atoms with Gasteiger partial charge in [-0.15, -0.1) is 0 Å². The average molecular weight is 167 g/mol. The molecule has 0 spiro atoms. The molecule has 2 heteroatoms. The van der Waals surface area contributed by atoms with E-state index < -0.39 is 0 Å². The smallest absolute Gasteiger partial charge is 0.129 e. The summed E-state index contributed by atoms with van der Waals surface area (Å²) < 4.78 is 0. The van der Waals surface area contributed by atoms with Crippen LogP contribution < -0.4 is 0 Å². The summed E-state index contributed by atoms with van der Waals surface area (Å²) in [5.41, 5.74) is 1.26. The lowest BCUT2D eigenvalue weighted by Crippen LogP contribution is -2.09. The maximum atomic E-state index is 5.66. The van der Waals surface area contributed by atoms with Crippen molar-refractivity contribution in [2.24, 2.45) is 0 Å². The first kappa shape index (κ1) is 7.11. The van der Waals surface area contributed by atoms with Crippen molar-refractivity contribution in [1.29, 1.82) is 0 Å². The summed E-state index contributed by atoms with van der Waals surface area (Å²) >= 11 is 5.66. The van der Waals surface area contributed by atoms with Gasteiger partial charge in [0.15, 0.2) is 0 Å². The molecule has 1 heterocycles. The average Bonchev–Trinajstić information content (AvgIpc) is 1.90. The lowest BCUT2D eigenvalue weighted by Gasteiger charge is -2.24. The summed E-state index contributed by atoms with van der Waals surface area (Å²) in [4.78, 5) is 4.03. The standard InChI is InChI=1S/C9H9ClN/c10-9-5-4-8(6-11-9)7-2-1-3-7/h4-6H,1-3H2. The van der Waals surface area contributed by atoms with Crippen molar-refractivity contribution in [3.63, 3.8) is 0 Å². The van der Waals surface area contributed by atoms with E-state index in [1.165, 1.54) is 30.7 Å². The molecule has 0 N–H and O–H groups in total. The maximum absolute atomic E-state index is 5.66. The molecular weight excluding hydrogens is 158 g/mol. The monoisotopic (exact) mass is 166 g/mol.